The van der Waals surface area contributed by atoms with Gasteiger partial charge in [-0.05, 0) is 24.8 Å². The van der Waals surface area contributed by atoms with Crippen molar-refractivity contribution in [1.82, 2.24) is 15.5 Å². The van der Waals surface area contributed by atoms with Crippen molar-refractivity contribution in [2.75, 3.05) is 6.54 Å². The lowest BCUT2D eigenvalue weighted by atomic mass is 9.86. The largest absolute Gasteiger partial charge is 0.356 e. The summed E-state index contributed by atoms with van der Waals surface area (Å²) in [6.45, 7) is 0.535. The van der Waals surface area contributed by atoms with E-state index in [2.05, 4.69) is 31.7 Å². The first kappa shape index (κ1) is 15.4. The molecule has 1 unspecified atom stereocenters. The second-order valence-electron chi connectivity index (χ2n) is 6.07. The number of H-pyrrole nitrogens is 1. The molecule has 2 heterocycles. The van der Waals surface area contributed by atoms with Gasteiger partial charge >= 0.3 is 0 Å². The highest BCUT2D eigenvalue weighted by atomic mass is 16.2. The number of terminal acetylenes is 1. The number of aryl methyl sites for hydroxylation is 1. The molecule has 0 saturated heterocycles. The number of carbonyl (C=O) groups is 1. The van der Waals surface area contributed by atoms with Crippen LogP contribution in [-0.2, 0) is 17.6 Å². The minimum atomic E-state index is -0.365. The predicted octanol–water partition coefficient (Wildman–Crippen LogP) is 0.957. The first-order valence-electron chi connectivity index (χ1n) is 7.85. The average Bonchev–Trinajstić information content (AvgIpc) is 3.32. The first-order chi connectivity index (χ1) is 11.1. The van der Waals surface area contributed by atoms with Crippen LogP contribution < -0.4 is 10.9 Å². The summed E-state index contributed by atoms with van der Waals surface area (Å²) >= 11 is 0. The summed E-state index contributed by atoms with van der Waals surface area (Å²) in [7, 11) is 0. The Labute approximate surface area is 134 Å². The standard InChI is InChI=1S/C16H19N5O2/c1-2-3-6-16(20-21-16)7-8-17-15(23)11-4-5-13-12(9-11)10-14(22)19-18-13/h1,10-11H,3-9H2,(H,17,23)(H,19,22). The Morgan fingerprint density at radius 1 is 1.48 bits per heavy atom. The third kappa shape index (κ3) is 3.65. The van der Waals surface area contributed by atoms with Gasteiger partial charge in [-0.2, -0.15) is 15.3 Å². The molecule has 1 aromatic heterocycles. The Bertz CT molecular complexity index is 725. The number of fused-ring (bicyclic) bond motifs is 1. The average molecular weight is 313 g/mol. The lowest BCUT2D eigenvalue weighted by Crippen LogP contribution is -2.36. The molecule has 1 amide bonds. The number of nitrogens with zero attached hydrogens (tertiary/aromatic N) is 3. The van der Waals surface area contributed by atoms with E-state index in [0.717, 1.165) is 24.1 Å². The number of carbonyl (C=O) groups excluding carboxylic acids is 1. The molecule has 0 fully saturated rings. The zero-order valence-electron chi connectivity index (χ0n) is 12.8. The van der Waals surface area contributed by atoms with E-state index in [1.54, 1.807) is 6.07 Å². The van der Waals surface area contributed by atoms with E-state index in [9.17, 15) is 9.59 Å². The van der Waals surface area contributed by atoms with Gasteiger partial charge < -0.3 is 5.32 Å². The summed E-state index contributed by atoms with van der Waals surface area (Å²) in [5.74, 6) is 2.49. The van der Waals surface area contributed by atoms with Gasteiger partial charge in [0.15, 0.2) is 5.66 Å². The van der Waals surface area contributed by atoms with Crippen molar-refractivity contribution in [2.24, 2.45) is 16.1 Å². The summed E-state index contributed by atoms with van der Waals surface area (Å²) in [6, 6.07) is 1.54. The minimum Gasteiger partial charge on any atom is -0.356 e. The minimum absolute atomic E-state index is 0.0173. The van der Waals surface area contributed by atoms with Crippen LogP contribution in [0.2, 0.25) is 0 Å². The monoisotopic (exact) mass is 313 g/mol. The lowest BCUT2D eigenvalue weighted by Gasteiger charge is -2.22. The molecule has 1 atom stereocenters. The van der Waals surface area contributed by atoms with E-state index in [1.165, 1.54) is 0 Å². The fraction of sp³-hybridized carbons (Fsp3) is 0.562. The summed E-state index contributed by atoms with van der Waals surface area (Å²) in [6.07, 6.45) is 9.34. The molecule has 2 N–H and O–H groups in total. The number of rotatable bonds is 6. The maximum absolute atomic E-state index is 12.3. The van der Waals surface area contributed by atoms with Crippen LogP contribution in [-0.4, -0.2) is 28.3 Å². The van der Waals surface area contributed by atoms with E-state index in [4.69, 9.17) is 6.42 Å². The molecule has 1 aromatic rings. The quantitative estimate of drug-likeness (QED) is 0.765. The number of hydrogen-bond donors (Lipinski definition) is 2. The van der Waals surface area contributed by atoms with Crippen molar-refractivity contribution < 1.29 is 4.79 Å². The molecule has 0 saturated carbocycles. The number of hydrogen-bond acceptors (Lipinski definition) is 5. The third-order valence-corrected chi connectivity index (χ3v) is 4.42. The zero-order valence-corrected chi connectivity index (χ0v) is 12.8. The maximum Gasteiger partial charge on any atom is 0.264 e. The molecule has 0 aromatic carbocycles. The second-order valence-corrected chi connectivity index (χ2v) is 6.07. The fourth-order valence-corrected chi connectivity index (χ4v) is 2.96. The molecule has 2 aliphatic rings. The highest BCUT2D eigenvalue weighted by Gasteiger charge is 2.38. The number of aromatic nitrogens is 2. The van der Waals surface area contributed by atoms with Crippen LogP contribution in [0.15, 0.2) is 21.1 Å². The van der Waals surface area contributed by atoms with E-state index >= 15 is 0 Å². The van der Waals surface area contributed by atoms with Crippen LogP contribution in [0.1, 0.15) is 36.9 Å². The number of amides is 1. The van der Waals surface area contributed by atoms with Gasteiger partial charge in [-0.15, -0.1) is 12.3 Å². The van der Waals surface area contributed by atoms with Crippen molar-refractivity contribution in [3.63, 3.8) is 0 Å². The van der Waals surface area contributed by atoms with Gasteiger partial charge in [0.25, 0.3) is 5.56 Å². The SMILES string of the molecule is C#CCCC1(CCNC(=O)C2CCc3n[nH]c(=O)cc3C2)N=N1. The molecule has 0 bridgehead atoms. The Morgan fingerprint density at radius 2 is 2.30 bits per heavy atom. The molecule has 1 aliphatic carbocycles. The Balaban J connectivity index is 1.48. The highest BCUT2D eigenvalue weighted by Crippen LogP contribution is 2.36. The van der Waals surface area contributed by atoms with Crippen molar-refractivity contribution >= 4 is 5.91 Å². The molecule has 0 radical (unpaired) electrons. The van der Waals surface area contributed by atoms with Crippen LogP contribution in [0.25, 0.3) is 0 Å². The van der Waals surface area contributed by atoms with Crippen molar-refractivity contribution in [3.8, 4) is 12.3 Å². The van der Waals surface area contributed by atoms with Gasteiger partial charge in [-0.1, -0.05) is 0 Å². The summed E-state index contributed by atoms with van der Waals surface area (Å²) < 4.78 is 0. The van der Waals surface area contributed by atoms with E-state index in [1.807, 2.05) is 0 Å². The molecular weight excluding hydrogens is 294 g/mol. The van der Waals surface area contributed by atoms with Crippen molar-refractivity contribution in [3.05, 3.63) is 27.7 Å². The number of nitrogens with one attached hydrogen (secondary N) is 2. The van der Waals surface area contributed by atoms with Crippen molar-refractivity contribution in [2.45, 2.75) is 44.2 Å². The van der Waals surface area contributed by atoms with Gasteiger partial charge in [0.1, 0.15) is 0 Å². The highest BCUT2D eigenvalue weighted by molar-refractivity contribution is 5.79. The molecular formula is C16H19N5O2. The smallest absolute Gasteiger partial charge is 0.264 e. The predicted molar refractivity (Wildman–Crippen MR) is 83.7 cm³/mol. The Morgan fingerprint density at radius 3 is 3.04 bits per heavy atom. The molecule has 7 nitrogen and oxygen atoms in total. The van der Waals surface area contributed by atoms with Gasteiger partial charge in [0.05, 0.1) is 5.69 Å². The van der Waals surface area contributed by atoms with E-state index in [-0.39, 0.29) is 23.0 Å². The molecule has 3 rings (SSSR count). The molecule has 120 valence electrons. The first-order valence-corrected chi connectivity index (χ1v) is 7.85. The topological polar surface area (TPSA) is 99.6 Å². The van der Waals surface area contributed by atoms with Crippen LogP contribution in [0.4, 0.5) is 0 Å². The molecule has 7 heteroatoms. The number of aromatic amines is 1. The normalized spacial score (nSPS) is 20.4. The lowest BCUT2D eigenvalue weighted by molar-refractivity contribution is -0.125. The van der Waals surface area contributed by atoms with Crippen LogP contribution >= 0.6 is 0 Å². The van der Waals surface area contributed by atoms with Crippen LogP contribution in [0.5, 0.6) is 0 Å². The van der Waals surface area contributed by atoms with Gasteiger partial charge in [-0.3, -0.25) is 9.59 Å². The molecule has 0 spiro atoms. The van der Waals surface area contributed by atoms with Gasteiger partial charge in [0, 0.05) is 37.8 Å². The summed E-state index contributed by atoms with van der Waals surface area (Å²) in [5.41, 5.74) is 1.17. The summed E-state index contributed by atoms with van der Waals surface area (Å²) in [4.78, 5) is 23.6. The third-order valence-electron chi connectivity index (χ3n) is 4.42. The maximum atomic E-state index is 12.3. The summed E-state index contributed by atoms with van der Waals surface area (Å²) in [5, 5.41) is 17.5. The van der Waals surface area contributed by atoms with Gasteiger partial charge in [0.2, 0.25) is 5.91 Å². The van der Waals surface area contributed by atoms with E-state index in [0.29, 0.717) is 32.2 Å². The molecule has 1 aliphatic heterocycles. The van der Waals surface area contributed by atoms with Crippen molar-refractivity contribution in [1.29, 1.82) is 0 Å². The second kappa shape index (κ2) is 6.32. The Kier molecular flexibility index (Phi) is 4.24. The fourth-order valence-electron chi connectivity index (χ4n) is 2.96. The van der Waals surface area contributed by atoms with E-state index < -0.39 is 0 Å². The Hall–Kier alpha value is -2.49. The molecule has 23 heavy (non-hydrogen) atoms. The van der Waals surface area contributed by atoms with Crippen LogP contribution in [0.3, 0.4) is 0 Å². The van der Waals surface area contributed by atoms with Gasteiger partial charge in [-0.25, -0.2) is 5.10 Å². The van der Waals surface area contributed by atoms with Crippen LogP contribution in [0, 0.1) is 18.3 Å². The zero-order chi connectivity index (χ0) is 16.3.